The molecule has 2 aliphatic heterocycles. The molecular weight excluding hydrogens is 369 g/mol. The van der Waals surface area contributed by atoms with Gasteiger partial charge in [-0.25, -0.2) is 0 Å². The van der Waals surface area contributed by atoms with Crippen molar-refractivity contribution >= 4 is 5.91 Å². The van der Waals surface area contributed by atoms with Crippen molar-refractivity contribution in [2.24, 2.45) is 11.8 Å². The number of likely N-dealkylation sites (tertiary alicyclic amines) is 1. The van der Waals surface area contributed by atoms with E-state index in [4.69, 9.17) is 4.74 Å². The van der Waals surface area contributed by atoms with Crippen LogP contribution in [-0.2, 0) is 22.1 Å². The lowest BCUT2D eigenvalue weighted by Crippen LogP contribution is -2.41. The summed E-state index contributed by atoms with van der Waals surface area (Å²) in [4.78, 5) is 16.6. The van der Waals surface area contributed by atoms with Crippen LogP contribution in [0.25, 0.3) is 0 Å². The molecule has 1 aromatic rings. The molecular formula is C21H29F3N2O2. The van der Waals surface area contributed by atoms with E-state index < -0.39 is 11.7 Å². The first-order chi connectivity index (χ1) is 13.3. The first-order valence-corrected chi connectivity index (χ1v) is 10.0. The fourth-order valence-electron chi connectivity index (χ4n) is 4.10. The Balaban J connectivity index is 1.40. The lowest BCUT2D eigenvalue weighted by molar-refractivity contribution is -0.137. The maximum Gasteiger partial charge on any atom is 0.416 e. The Morgan fingerprint density at radius 2 is 2.00 bits per heavy atom. The molecule has 7 heteroatoms. The largest absolute Gasteiger partial charge is 0.416 e. The summed E-state index contributed by atoms with van der Waals surface area (Å²) in [6, 6.07) is 5.60. The van der Waals surface area contributed by atoms with E-state index in [9.17, 15) is 18.0 Å². The minimum atomic E-state index is -4.29. The van der Waals surface area contributed by atoms with Gasteiger partial charge in [0.1, 0.15) is 0 Å². The van der Waals surface area contributed by atoms with Crippen molar-refractivity contribution in [2.45, 2.75) is 31.9 Å². The van der Waals surface area contributed by atoms with Crippen LogP contribution in [0.3, 0.4) is 0 Å². The Hall–Kier alpha value is -1.60. The zero-order chi connectivity index (χ0) is 20.1. The van der Waals surface area contributed by atoms with Crippen molar-refractivity contribution in [2.75, 3.05) is 46.4 Å². The molecule has 0 aromatic heterocycles. The summed E-state index contributed by atoms with van der Waals surface area (Å²) in [5, 5.41) is 0. The van der Waals surface area contributed by atoms with E-state index in [2.05, 4.69) is 4.90 Å². The van der Waals surface area contributed by atoms with E-state index in [1.807, 2.05) is 11.9 Å². The van der Waals surface area contributed by atoms with Crippen molar-refractivity contribution < 1.29 is 22.7 Å². The second-order valence-corrected chi connectivity index (χ2v) is 8.01. The van der Waals surface area contributed by atoms with E-state index in [0.717, 1.165) is 57.1 Å². The smallest absolute Gasteiger partial charge is 0.381 e. The lowest BCUT2D eigenvalue weighted by atomic mass is 9.95. The Bertz CT molecular complexity index is 651. The highest BCUT2D eigenvalue weighted by Crippen LogP contribution is 2.29. The Morgan fingerprint density at radius 3 is 2.64 bits per heavy atom. The lowest BCUT2D eigenvalue weighted by Gasteiger charge is -2.34. The predicted octanol–water partition coefficient (Wildman–Crippen LogP) is 3.45. The third-order valence-electron chi connectivity index (χ3n) is 5.87. The maximum absolute atomic E-state index is 12.8. The fraction of sp³-hybridized carbons (Fsp3) is 0.667. The molecule has 0 saturated carbocycles. The van der Waals surface area contributed by atoms with Crippen LogP contribution >= 0.6 is 0 Å². The van der Waals surface area contributed by atoms with Gasteiger partial charge in [0.15, 0.2) is 0 Å². The zero-order valence-corrected chi connectivity index (χ0v) is 16.4. The summed E-state index contributed by atoms with van der Waals surface area (Å²) in [6.45, 7) is 4.61. The molecule has 2 fully saturated rings. The number of carbonyl (C=O) groups excluding carboxylic acids is 1. The number of ether oxygens (including phenoxy) is 1. The monoisotopic (exact) mass is 398 g/mol. The van der Waals surface area contributed by atoms with Crippen molar-refractivity contribution in [3.05, 3.63) is 35.4 Å². The number of alkyl halides is 3. The molecule has 1 aromatic carbocycles. The molecule has 28 heavy (non-hydrogen) atoms. The van der Waals surface area contributed by atoms with Gasteiger partial charge in [0.05, 0.1) is 18.1 Å². The van der Waals surface area contributed by atoms with Gasteiger partial charge in [-0.05, 0) is 56.3 Å². The summed E-state index contributed by atoms with van der Waals surface area (Å²) < 4.78 is 43.8. The van der Waals surface area contributed by atoms with Crippen LogP contribution in [0.15, 0.2) is 24.3 Å². The number of carbonyl (C=O) groups is 1. The van der Waals surface area contributed by atoms with Crippen molar-refractivity contribution in [3.63, 3.8) is 0 Å². The van der Waals surface area contributed by atoms with Gasteiger partial charge in [-0.15, -0.1) is 0 Å². The number of piperidine rings is 1. The van der Waals surface area contributed by atoms with Crippen LogP contribution in [0.5, 0.6) is 0 Å². The highest BCUT2D eigenvalue weighted by Gasteiger charge is 2.31. The summed E-state index contributed by atoms with van der Waals surface area (Å²) in [5.41, 5.74) is 0.144. The molecule has 1 atom stereocenters. The fourth-order valence-corrected chi connectivity index (χ4v) is 4.10. The summed E-state index contributed by atoms with van der Waals surface area (Å²) >= 11 is 0. The van der Waals surface area contributed by atoms with E-state index in [1.54, 1.807) is 6.07 Å². The average Bonchev–Trinajstić information content (AvgIpc) is 3.21. The third-order valence-corrected chi connectivity index (χ3v) is 5.87. The highest BCUT2D eigenvalue weighted by atomic mass is 19.4. The van der Waals surface area contributed by atoms with Gasteiger partial charge in [-0.3, -0.25) is 4.79 Å². The molecule has 0 radical (unpaired) electrons. The minimum Gasteiger partial charge on any atom is -0.381 e. The van der Waals surface area contributed by atoms with Gasteiger partial charge in [-0.2, -0.15) is 13.2 Å². The molecule has 156 valence electrons. The Labute approximate surface area is 164 Å². The maximum atomic E-state index is 12.8. The second-order valence-electron chi connectivity index (χ2n) is 8.01. The first kappa shape index (κ1) is 21.1. The molecule has 0 N–H and O–H groups in total. The van der Waals surface area contributed by atoms with Gasteiger partial charge in [0.2, 0.25) is 5.91 Å². The molecule has 0 bridgehead atoms. The number of benzene rings is 1. The van der Waals surface area contributed by atoms with Gasteiger partial charge in [0, 0.05) is 26.7 Å². The molecule has 0 spiro atoms. The van der Waals surface area contributed by atoms with Crippen molar-refractivity contribution in [1.29, 1.82) is 0 Å². The Morgan fingerprint density at radius 1 is 1.25 bits per heavy atom. The molecule has 3 rings (SSSR count). The standard InChI is InChI=1S/C21H29F3N2O2/c1-25(20(27)18-8-12-28-15-18)14-17-6-10-26(11-7-17)9-5-16-3-2-4-19(13-16)21(22,23)24/h2-4,13,17-18H,5-12,14-15H2,1H3/t18-/m1/s1. The molecule has 2 heterocycles. The van der Waals surface area contributed by atoms with Crippen molar-refractivity contribution in [3.8, 4) is 0 Å². The van der Waals surface area contributed by atoms with Gasteiger partial charge >= 0.3 is 6.18 Å². The van der Waals surface area contributed by atoms with Crippen LogP contribution in [0, 0.1) is 11.8 Å². The highest BCUT2D eigenvalue weighted by molar-refractivity contribution is 5.78. The minimum absolute atomic E-state index is 0.0116. The number of amides is 1. The van der Waals surface area contributed by atoms with E-state index in [1.165, 1.54) is 12.1 Å². The summed E-state index contributed by atoms with van der Waals surface area (Å²) in [7, 11) is 1.88. The average molecular weight is 398 g/mol. The van der Waals surface area contributed by atoms with Crippen LogP contribution < -0.4 is 0 Å². The van der Waals surface area contributed by atoms with Crippen molar-refractivity contribution in [1.82, 2.24) is 9.80 Å². The summed E-state index contributed by atoms with van der Waals surface area (Å²) in [5.74, 6) is 0.683. The molecule has 0 unspecified atom stereocenters. The quantitative estimate of drug-likeness (QED) is 0.736. The Kier molecular flexibility index (Phi) is 6.99. The number of hydrogen-bond donors (Lipinski definition) is 0. The SMILES string of the molecule is CN(CC1CCN(CCc2cccc(C(F)(F)F)c2)CC1)C(=O)[C@@H]1CCOC1. The van der Waals surface area contributed by atoms with Crippen LogP contribution in [0.2, 0.25) is 0 Å². The molecule has 4 nitrogen and oxygen atoms in total. The normalized spacial score (nSPS) is 21.8. The topological polar surface area (TPSA) is 32.8 Å². The van der Waals surface area contributed by atoms with Gasteiger partial charge in [0.25, 0.3) is 0 Å². The van der Waals surface area contributed by atoms with Gasteiger partial charge < -0.3 is 14.5 Å². The van der Waals surface area contributed by atoms with Crippen LogP contribution in [0.1, 0.15) is 30.4 Å². The van der Waals surface area contributed by atoms with E-state index in [-0.39, 0.29) is 11.8 Å². The molecule has 0 aliphatic carbocycles. The molecule has 2 saturated heterocycles. The van der Waals surface area contributed by atoms with Crippen LogP contribution in [0.4, 0.5) is 13.2 Å². The first-order valence-electron chi connectivity index (χ1n) is 10.0. The number of nitrogens with zero attached hydrogens (tertiary/aromatic N) is 2. The van der Waals surface area contributed by atoms with E-state index in [0.29, 0.717) is 25.6 Å². The zero-order valence-electron chi connectivity index (χ0n) is 16.4. The second kappa shape index (κ2) is 9.27. The number of halogens is 3. The molecule has 1 amide bonds. The number of hydrogen-bond acceptors (Lipinski definition) is 3. The predicted molar refractivity (Wildman–Crippen MR) is 101 cm³/mol. The molecule has 2 aliphatic rings. The number of rotatable bonds is 6. The van der Waals surface area contributed by atoms with Crippen LogP contribution in [-0.4, -0.2) is 62.1 Å². The van der Waals surface area contributed by atoms with E-state index >= 15 is 0 Å². The third kappa shape index (κ3) is 5.70. The summed E-state index contributed by atoms with van der Waals surface area (Å²) in [6.07, 6.45) is -0.822. The van der Waals surface area contributed by atoms with Gasteiger partial charge in [-0.1, -0.05) is 18.2 Å².